The highest BCUT2D eigenvalue weighted by molar-refractivity contribution is 7.18. The van der Waals surface area contributed by atoms with Crippen LogP contribution in [0.1, 0.15) is 61.1 Å². The third-order valence-electron chi connectivity index (χ3n) is 10.5. The monoisotopic (exact) mass is 644 g/mol. The molecule has 1 aliphatic carbocycles. The van der Waals surface area contributed by atoms with Gasteiger partial charge < -0.3 is 28.4 Å². The van der Waals surface area contributed by atoms with E-state index in [0.29, 0.717) is 0 Å². The van der Waals surface area contributed by atoms with Gasteiger partial charge in [0.25, 0.3) is 0 Å². The van der Waals surface area contributed by atoms with Crippen LogP contribution in [-0.2, 0) is 0 Å². The smallest absolute Gasteiger partial charge is 0.191 e. The Bertz CT molecular complexity index is 1600. The van der Waals surface area contributed by atoms with Crippen LogP contribution in [-0.4, -0.2) is 50.7 Å². The molecule has 0 heterocycles. The quantitative estimate of drug-likeness (QED) is 0.177. The van der Waals surface area contributed by atoms with Crippen LogP contribution in [0.15, 0.2) is 40.1 Å². The molecular formula is C39H52O6Si. The van der Waals surface area contributed by atoms with Crippen molar-refractivity contribution in [2.24, 2.45) is 5.92 Å². The molecule has 7 heteroatoms. The fraction of sp³-hybridized carbons (Fsp3) is 0.436. The van der Waals surface area contributed by atoms with Crippen LogP contribution in [0.4, 0.5) is 0 Å². The molecule has 0 aliphatic heterocycles. The lowest BCUT2D eigenvalue weighted by Gasteiger charge is -2.44. The van der Waals surface area contributed by atoms with Gasteiger partial charge in [0.15, 0.2) is 8.07 Å². The second-order valence-electron chi connectivity index (χ2n) is 12.6. The van der Waals surface area contributed by atoms with Crippen molar-refractivity contribution in [3.63, 3.8) is 0 Å². The lowest BCUT2D eigenvalue weighted by atomic mass is 10.1. The average molecular weight is 645 g/mol. The van der Waals surface area contributed by atoms with Crippen LogP contribution in [0.2, 0.25) is 0 Å². The molecular weight excluding hydrogens is 593 g/mol. The molecule has 0 saturated heterocycles. The Balaban J connectivity index is 2.63. The van der Waals surface area contributed by atoms with Gasteiger partial charge in [-0.25, -0.2) is 0 Å². The highest BCUT2D eigenvalue weighted by Gasteiger charge is 2.56. The molecule has 0 aromatic heterocycles. The first-order valence-electron chi connectivity index (χ1n) is 15.8. The standard InChI is InChI=1S/C39H52O6Si/c1-20-17-30(40-11)27(8)37(33(20)43-14)46(36-25(6)23(4)24(5)26(36)7,38-28(9)31(41-12)18-21(2)34(38)44-15)39-29(10)32(42-13)19-22(3)35(39)45-16/h17-19,25H,1-16H3. The van der Waals surface area contributed by atoms with E-state index in [9.17, 15) is 0 Å². The number of allylic oxidation sites excluding steroid dienone is 4. The first-order valence-corrected chi connectivity index (χ1v) is 17.8. The summed E-state index contributed by atoms with van der Waals surface area (Å²) in [6, 6.07) is 6.23. The minimum atomic E-state index is -3.54. The molecule has 1 atom stereocenters. The van der Waals surface area contributed by atoms with Gasteiger partial charge in [0.1, 0.15) is 34.5 Å². The molecule has 1 aliphatic rings. The third-order valence-corrected chi connectivity index (χ3v) is 16.1. The second-order valence-corrected chi connectivity index (χ2v) is 16.1. The largest absolute Gasteiger partial charge is 0.497 e. The lowest BCUT2D eigenvalue weighted by molar-refractivity contribution is 0.398. The predicted octanol–water partition coefficient (Wildman–Crippen LogP) is 6.90. The van der Waals surface area contributed by atoms with Gasteiger partial charge in [-0.1, -0.05) is 23.3 Å². The van der Waals surface area contributed by atoms with E-state index in [0.717, 1.165) is 83.4 Å². The molecule has 0 radical (unpaired) electrons. The summed E-state index contributed by atoms with van der Waals surface area (Å²) < 4.78 is 37.9. The summed E-state index contributed by atoms with van der Waals surface area (Å²) >= 11 is 0. The van der Waals surface area contributed by atoms with Gasteiger partial charge in [0.2, 0.25) is 0 Å². The maximum absolute atomic E-state index is 6.49. The minimum Gasteiger partial charge on any atom is -0.497 e. The van der Waals surface area contributed by atoms with Crippen molar-refractivity contribution in [3.8, 4) is 34.5 Å². The highest BCUT2D eigenvalue weighted by atomic mass is 28.3. The normalized spacial score (nSPS) is 15.0. The van der Waals surface area contributed by atoms with Gasteiger partial charge in [-0.3, -0.25) is 0 Å². The molecule has 6 nitrogen and oxygen atoms in total. The van der Waals surface area contributed by atoms with Crippen molar-refractivity contribution in [1.82, 2.24) is 0 Å². The molecule has 0 N–H and O–H groups in total. The topological polar surface area (TPSA) is 55.4 Å². The summed E-state index contributed by atoms with van der Waals surface area (Å²) in [5, 5.41) is 4.69. The van der Waals surface area contributed by atoms with Crippen LogP contribution in [0.25, 0.3) is 0 Å². The Hall–Kier alpha value is -3.84. The average Bonchev–Trinajstić information content (AvgIpc) is 3.23. The van der Waals surface area contributed by atoms with Crippen molar-refractivity contribution < 1.29 is 28.4 Å². The van der Waals surface area contributed by atoms with Crippen molar-refractivity contribution in [3.05, 3.63) is 73.5 Å². The highest BCUT2D eigenvalue weighted by Crippen LogP contribution is 2.47. The van der Waals surface area contributed by atoms with E-state index in [1.54, 1.807) is 42.7 Å². The number of benzene rings is 3. The summed E-state index contributed by atoms with van der Waals surface area (Å²) in [4.78, 5) is 0. The Morgan fingerprint density at radius 1 is 0.457 bits per heavy atom. The Labute approximate surface area is 277 Å². The number of methoxy groups -OCH3 is 6. The predicted molar refractivity (Wildman–Crippen MR) is 192 cm³/mol. The molecule has 0 fully saturated rings. The van der Waals surface area contributed by atoms with Crippen molar-refractivity contribution in [1.29, 1.82) is 0 Å². The first-order chi connectivity index (χ1) is 21.7. The van der Waals surface area contributed by atoms with Gasteiger partial charge in [0.05, 0.1) is 42.7 Å². The molecule has 248 valence electrons. The molecule has 0 amide bonds. The zero-order chi connectivity index (χ0) is 34.4. The molecule has 46 heavy (non-hydrogen) atoms. The van der Waals surface area contributed by atoms with E-state index in [2.05, 4.69) is 87.4 Å². The van der Waals surface area contributed by atoms with Crippen molar-refractivity contribution in [2.45, 2.75) is 69.2 Å². The van der Waals surface area contributed by atoms with Crippen molar-refractivity contribution >= 4 is 23.6 Å². The van der Waals surface area contributed by atoms with E-state index < -0.39 is 8.07 Å². The molecule has 0 saturated carbocycles. The van der Waals surface area contributed by atoms with Gasteiger partial charge in [0, 0.05) is 15.6 Å². The third kappa shape index (κ3) is 4.89. The fourth-order valence-corrected chi connectivity index (χ4v) is 15.3. The molecule has 4 rings (SSSR count). The number of rotatable bonds is 10. The van der Waals surface area contributed by atoms with E-state index >= 15 is 0 Å². The first kappa shape index (κ1) is 35.0. The second kappa shape index (κ2) is 13.1. The van der Waals surface area contributed by atoms with Gasteiger partial charge in [-0.05, 0) is 125 Å². The Kier molecular flexibility index (Phi) is 9.98. The van der Waals surface area contributed by atoms with Crippen LogP contribution in [0.3, 0.4) is 0 Å². The molecule has 1 unspecified atom stereocenters. The van der Waals surface area contributed by atoms with Gasteiger partial charge in [-0.15, -0.1) is 0 Å². The number of hydrogen-bond acceptors (Lipinski definition) is 6. The Morgan fingerprint density at radius 3 is 0.978 bits per heavy atom. The van der Waals surface area contributed by atoms with E-state index in [1.807, 2.05) is 0 Å². The number of hydrogen-bond donors (Lipinski definition) is 0. The molecule has 3 aromatic rings. The van der Waals surface area contributed by atoms with Crippen LogP contribution < -0.4 is 44.0 Å². The van der Waals surface area contributed by atoms with Crippen molar-refractivity contribution in [2.75, 3.05) is 42.7 Å². The molecule has 0 spiro atoms. The zero-order valence-corrected chi connectivity index (χ0v) is 31.8. The summed E-state index contributed by atoms with van der Waals surface area (Å²) in [7, 11) is 6.98. The Morgan fingerprint density at radius 2 is 0.761 bits per heavy atom. The lowest BCUT2D eigenvalue weighted by Crippen LogP contribution is -2.72. The summed E-state index contributed by atoms with van der Waals surface area (Å²) in [5.74, 6) is 5.05. The van der Waals surface area contributed by atoms with Crippen LogP contribution in [0, 0.1) is 47.5 Å². The van der Waals surface area contributed by atoms with E-state index in [1.165, 1.54) is 21.9 Å². The summed E-state index contributed by atoms with van der Waals surface area (Å²) in [6.45, 7) is 21.9. The maximum Gasteiger partial charge on any atom is 0.191 e. The maximum atomic E-state index is 6.49. The summed E-state index contributed by atoms with van der Waals surface area (Å²) in [6.07, 6.45) is 0. The zero-order valence-electron chi connectivity index (χ0n) is 30.8. The number of ether oxygens (including phenoxy) is 6. The van der Waals surface area contributed by atoms with Crippen LogP contribution >= 0.6 is 0 Å². The van der Waals surface area contributed by atoms with Gasteiger partial charge >= 0.3 is 0 Å². The van der Waals surface area contributed by atoms with Crippen LogP contribution in [0.5, 0.6) is 34.5 Å². The minimum absolute atomic E-state index is 0.119. The SMILES string of the molecule is COc1cc(C)c(OC)c([Si](C2=C(C)C(C)=C(C)C2C)(c2c(C)c(OC)cc(C)c2OC)c2c(C)c(OC)cc(C)c2OC)c1C. The van der Waals surface area contributed by atoms with Gasteiger partial charge in [-0.2, -0.15) is 0 Å². The molecule has 3 aromatic carbocycles. The van der Waals surface area contributed by atoms with E-state index in [-0.39, 0.29) is 5.92 Å². The molecule has 0 bridgehead atoms. The summed E-state index contributed by atoms with van der Waals surface area (Å²) in [5.41, 5.74) is 10.00. The fourth-order valence-electron chi connectivity index (χ4n) is 8.11. The number of aryl methyl sites for hydroxylation is 3. The van der Waals surface area contributed by atoms with E-state index in [4.69, 9.17) is 28.4 Å².